The van der Waals surface area contributed by atoms with Crippen LogP contribution in [0.25, 0.3) is 5.65 Å². The quantitative estimate of drug-likeness (QED) is 0.581. The van der Waals surface area contributed by atoms with E-state index in [0.717, 1.165) is 11.1 Å². The lowest BCUT2D eigenvalue weighted by Gasteiger charge is -2.20. The summed E-state index contributed by atoms with van der Waals surface area (Å²) >= 11 is 6.25. The lowest BCUT2D eigenvalue weighted by molar-refractivity contribution is 0.0937. The zero-order valence-electron chi connectivity index (χ0n) is 13.8. The van der Waals surface area contributed by atoms with Crippen LogP contribution in [0, 0.1) is 0 Å². The van der Waals surface area contributed by atoms with Crippen molar-refractivity contribution in [2.45, 2.75) is 6.04 Å². The van der Waals surface area contributed by atoms with Crippen LogP contribution in [-0.4, -0.2) is 15.3 Å². The fourth-order valence-electron chi connectivity index (χ4n) is 3.02. The maximum Gasteiger partial charge on any atom is 0.272 e. The first-order valence-corrected chi connectivity index (χ1v) is 8.65. The van der Waals surface area contributed by atoms with Gasteiger partial charge in [0, 0.05) is 6.20 Å². The third-order valence-electron chi connectivity index (χ3n) is 4.24. The van der Waals surface area contributed by atoms with Crippen molar-refractivity contribution in [1.82, 2.24) is 14.7 Å². The van der Waals surface area contributed by atoms with Gasteiger partial charge in [-0.25, -0.2) is 4.98 Å². The summed E-state index contributed by atoms with van der Waals surface area (Å²) in [7, 11) is 0. The Morgan fingerprint density at radius 3 is 2.08 bits per heavy atom. The van der Waals surface area contributed by atoms with Crippen molar-refractivity contribution >= 4 is 23.2 Å². The molecule has 2 aromatic carbocycles. The van der Waals surface area contributed by atoms with Crippen LogP contribution in [0.3, 0.4) is 0 Å². The molecular weight excluding hydrogens is 346 g/mol. The fourth-order valence-corrected chi connectivity index (χ4v) is 3.28. The summed E-state index contributed by atoms with van der Waals surface area (Å²) in [6.45, 7) is 0. The Morgan fingerprint density at radius 1 is 0.885 bits per heavy atom. The highest BCUT2D eigenvalue weighted by Gasteiger charge is 2.22. The van der Waals surface area contributed by atoms with Crippen LogP contribution in [0.2, 0.25) is 5.15 Å². The van der Waals surface area contributed by atoms with Crippen molar-refractivity contribution in [3.63, 3.8) is 0 Å². The van der Waals surface area contributed by atoms with Crippen LogP contribution < -0.4 is 5.32 Å². The van der Waals surface area contributed by atoms with E-state index in [9.17, 15) is 4.79 Å². The topological polar surface area (TPSA) is 46.4 Å². The molecule has 2 heterocycles. The molecule has 0 saturated heterocycles. The SMILES string of the molecule is O=C(NC(c1ccccc1)c1ccccc1)c1c(Cl)nc2ccccn12. The maximum atomic E-state index is 13.0. The summed E-state index contributed by atoms with van der Waals surface area (Å²) in [6, 6.07) is 24.9. The van der Waals surface area contributed by atoms with Crippen molar-refractivity contribution < 1.29 is 4.79 Å². The molecule has 1 N–H and O–H groups in total. The predicted molar refractivity (Wildman–Crippen MR) is 102 cm³/mol. The Bertz CT molecular complexity index is 1010. The zero-order chi connectivity index (χ0) is 17.9. The van der Waals surface area contributed by atoms with Gasteiger partial charge in [-0.3, -0.25) is 9.20 Å². The van der Waals surface area contributed by atoms with E-state index < -0.39 is 0 Å². The molecule has 0 spiro atoms. The van der Waals surface area contributed by atoms with E-state index in [2.05, 4.69) is 10.3 Å². The van der Waals surface area contributed by atoms with E-state index in [-0.39, 0.29) is 17.1 Å². The van der Waals surface area contributed by atoms with Gasteiger partial charge >= 0.3 is 0 Å². The van der Waals surface area contributed by atoms with Gasteiger partial charge < -0.3 is 5.32 Å². The summed E-state index contributed by atoms with van der Waals surface area (Å²) in [5.41, 5.74) is 2.96. The normalized spacial score (nSPS) is 11.0. The predicted octanol–water partition coefficient (Wildman–Crippen LogP) is 4.51. The van der Waals surface area contributed by atoms with E-state index in [1.807, 2.05) is 78.9 Å². The fraction of sp³-hybridized carbons (Fsp3) is 0.0476. The Hall–Kier alpha value is -3.11. The number of pyridine rings is 1. The van der Waals surface area contributed by atoms with Crippen LogP contribution in [-0.2, 0) is 0 Å². The Labute approximate surface area is 156 Å². The van der Waals surface area contributed by atoms with Crippen molar-refractivity contribution in [1.29, 1.82) is 0 Å². The van der Waals surface area contributed by atoms with Gasteiger partial charge in [0.15, 0.2) is 10.8 Å². The highest BCUT2D eigenvalue weighted by Crippen LogP contribution is 2.24. The molecule has 4 nitrogen and oxygen atoms in total. The number of carbonyl (C=O) groups excluding carboxylic acids is 1. The summed E-state index contributed by atoms with van der Waals surface area (Å²) < 4.78 is 1.70. The number of halogens is 1. The highest BCUT2D eigenvalue weighted by atomic mass is 35.5. The molecule has 0 saturated carbocycles. The molecular formula is C21H16ClN3O. The van der Waals surface area contributed by atoms with E-state index in [0.29, 0.717) is 11.3 Å². The molecule has 1 amide bonds. The van der Waals surface area contributed by atoms with Gasteiger partial charge in [-0.2, -0.15) is 0 Å². The van der Waals surface area contributed by atoms with Gasteiger partial charge in [0.25, 0.3) is 5.91 Å². The number of benzene rings is 2. The van der Waals surface area contributed by atoms with Gasteiger partial charge in [-0.05, 0) is 23.3 Å². The number of rotatable bonds is 4. The number of aromatic nitrogens is 2. The summed E-state index contributed by atoms with van der Waals surface area (Å²) in [5.74, 6) is -0.272. The van der Waals surface area contributed by atoms with Crippen molar-refractivity contribution in [3.8, 4) is 0 Å². The second-order valence-electron chi connectivity index (χ2n) is 5.91. The van der Waals surface area contributed by atoms with Gasteiger partial charge in [0.1, 0.15) is 5.65 Å². The molecule has 5 heteroatoms. The number of carbonyl (C=O) groups is 1. The number of imidazole rings is 1. The van der Waals surface area contributed by atoms with Crippen LogP contribution in [0.5, 0.6) is 0 Å². The zero-order valence-corrected chi connectivity index (χ0v) is 14.6. The number of hydrogen-bond acceptors (Lipinski definition) is 2. The minimum Gasteiger partial charge on any atom is -0.340 e. The third-order valence-corrected chi connectivity index (χ3v) is 4.51. The molecule has 0 bridgehead atoms. The molecule has 0 aliphatic rings. The Kier molecular flexibility index (Phi) is 4.42. The smallest absolute Gasteiger partial charge is 0.272 e. The molecule has 2 aromatic heterocycles. The van der Waals surface area contributed by atoms with Gasteiger partial charge in [0.05, 0.1) is 6.04 Å². The molecule has 0 aliphatic heterocycles. The minimum atomic E-state index is -0.282. The van der Waals surface area contributed by atoms with Crippen LogP contribution in [0.15, 0.2) is 85.1 Å². The highest BCUT2D eigenvalue weighted by molar-refractivity contribution is 6.32. The largest absolute Gasteiger partial charge is 0.340 e. The Balaban J connectivity index is 1.74. The number of nitrogens with one attached hydrogen (secondary N) is 1. The average molecular weight is 362 g/mol. The maximum absolute atomic E-state index is 13.0. The minimum absolute atomic E-state index is 0.188. The monoisotopic (exact) mass is 361 g/mol. The summed E-state index contributed by atoms with van der Waals surface area (Å²) in [6.07, 6.45) is 1.78. The molecule has 0 radical (unpaired) electrons. The summed E-state index contributed by atoms with van der Waals surface area (Å²) in [5, 5.41) is 3.29. The molecule has 0 aliphatic carbocycles. The first-order chi connectivity index (χ1) is 12.7. The van der Waals surface area contributed by atoms with E-state index in [1.165, 1.54) is 0 Å². The molecule has 0 atom stereocenters. The standard InChI is InChI=1S/C21H16ClN3O/c22-20-19(25-14-8-7-13-17(25)23-20)21(26)24-18(15-9-3-1-4-10-15)16-11-5-2-6-12-16/h1-14,18H,(H,24,26). The van der Waals surface area contributed by atoms with Gasteiger partial charge in [0.2, 0.25) is 0 Å². The van der Waals surface area contributed by atoms with Crippen molar-refractivity contribution in [2.24, 2.45) is 0 Å². The second-order valence-corrected chi connectivity index (χ2v) is 6.27. The molecule has 4 rings (SSSR count). The number of fused-ring (bicyclic) bond motifs is 1. The van der Waals surface area contributed by atoms with Crippen molar-refractivity contribution in [2.75, 3.05) is 0 Å². The van der Waals surface area contributed by atoms with Crippen molar-refractivity contribution in [3.05, 3.63) is 107 Å². The van der Waals surface area contributed by atoms with Crippen LogP contribution >= 0.6 is 11.6 Å². The van der Waals surface area contributed by atoms with Gasteiger partial charge in [-0.15, -0.1) is 0 Å². The Morgan fingerprint density at radius 2 is 1.46 bits per heavy atom. The molecule has 0 unspecified atom stereocenters. The summed E-state index contributed by atoms with van der Waals surface area (Å²) in [4.78, 5) is 17.3. The molecule has 128 valence electrons. The molecule has 4 aromatic rings. The second kappa shape index (κ2) is 7.02. The first kappa shape index (κ1) is 16.4. The van der Waals surface area contributed by atoms with E-state index in [4.69, 9.17) is 11.6 Å². The lowest BCUT2D eigenvalue weighted by Crippen LogP contribution is -2.30. The lowest BCUT2D eigenvalue weighted by atomic mass is 9.98. The average Bonchev–Trinajstić information content (AvgIpc) is 3.03. The van der Waals surface area contributed by atoms with Crippen LogP contribution in [0.1, 0.15) is 27.7 Å². The van der Waals surface area contributed by atoms with E-state index in [1.54, 1.807) is 10.6 Å². The molecule has 26 heavy (non-hydrogen) atoms. The number of amides is 1. The van der Waals surface area contributed by atoms with Crippen LogP contribution in [0.4, 0.5) is 0 Å². The van der Waals surface area contributed by atoms with E-state index >= 15 is 0 Å². The first-order valence-electron chi connectivity index (χ1n) is 8.27. The number of hydrogen-bond donors (Lipinski definition) is 1. The third kappa shape index (κ3) is 3.07. The number of nitrogens with zero attached hydrogens (tertiary/aromatic N) is 2. The molecule has 0 fully saturated rings. The van der Waals surface area contributed by atoms with Gasteiger partial charge in [-0.1, -0.05) is 78.3 Å².